The van der Waals surface area contributed by atoms with Gasteiger partial charge in [-0.3, -0.25) is 9.89 Å². The van der Waals surface area contributed by atoms with Crippen molar-refractivity contribution in [2.75, 3.05) is 72.6 Å². The van der Waals surface area contributed by atoms with Gasteiger partial charge in [0.25, 0.3) is 0 Å². The van der Waals surface area contributed by atoms with Crippen LogP contribution in [0.15, 0.2) is 35.3 Å². The Labute approximate surface area is 187 Å². The zero-order chi connectivity index (χ0) is 21.3. The number of nitrogens with zero attached hydrogens (tertiary/aromatic N) is 4. The first kappa shape index (κ1) is 22.5. The maximum absolute atomic E-state index is 5.98. The summed E-state index contributed by atoms with van der Waals surface area (Å²) < 4.78 is 11.8. The predicted octanol–water partition coefficient (Wildman–Crippen LogP) is 1.65. The van der Waals surface area contributed by atoms with Crippen LogP contribution in [0.5, 0.6) is 0 Å². The fraction of sp³-hybridized carbons (Fsp3) is 0.708. The topological polar surface area (TPSA) is 52.6 Å². The minimum absolute atomic E-state index is 0.169. The van der Waals surface area contributed by atoms with Crippen LogP contribution in [0.4, 0.5) is 0 Å². The number of aliphatic imine (C=N–C) groups is 1. The zero-order valence-electron chi connectivity index (χ0n) is 19.0. The molecule has 0 aliphatic carbocycles. The van der Waals surface area contributed by atoms with Gasteiger partial charge in [0.05, 0.1) is 12.7 Å². The van der Waals surface area contributed by atoms with Crippen molar-refractivity contribution < 1.29 is 9.47 Å². The summed E-state index contributed by atoms with van der Waals surface area (Å²) in [6.45, 7) is 11.2. The minimum Gasteiger partial charge on any atom is -0.375 e. The van der Waals surface area contributed by atoms with Crippen LogP contribution in [0.2, 0.25) is 0 Å². The Bertz CT molecular complexity index is 672. The number of guanidine groups is 1. The molecule has 3 aliphatic heterocycles. The van der Waals surface area contributed by atoms with Crippen LogP contribution in [0, 0.1) is 0 Å². The Morgan fingerprint density at radius 2 is 1.77 bits per heavy atom. The van der Waals surface area contributed by atoms with Gasteiger partial charge in [-0.05, 0) is 31.4 Å². The molecule has 31 heavy (non-hydrogen) atoms. The highest BCUT2D eigenvalue weighted by Crippen LogP contribution is 2.21. The van der Waals surface area contributed by atoms with E-state index in [2.05, 4.69) is 55.3 Å². The molecule has 4 rings (SSSR count). The van der Waals surface area contributed by atoms with E-state index in [1.165, 1.54) is 5.56 Å². The lowest BCUT2D eigenvalue weighted by Crippen LogP contribution is -2.53. The van der Waals surface area contributed by atoms with Gasteiger partial charge in [0.2, 0.25) is 0 Å². The normalized spacial score (nSPS) is 26.4. The summed E-state index contributed by atoms with van der Waals surface area (Å²) in [7, 11) is 1.88. The summed E-state index contributed by atoms with van der Waals surface area (Å²) in [4.78, 5) is 12.0. The molecule has 0 saturated carbocycles. The zero-order valence-corrected chi connectivity index (χ0v) is 19.0. The van der Waals surface area contributed by atoms with E-state index < -0.39 is 0 Å². The fourth-order valence-electron chi connectivity index (χ4n) is 4.84. The van der Waals surface area contributed by atoms with E-state index in [0.29, 0.717) is 0 Å². The molecule has 1 aromatic rings. The summed E-state index contributed by atoms with van der Waals surface area (Å²) >= 11 is 0. The number of nitrogens with one attached hydrogen (secondary N) is 1. The summed E-state index contributed by atoms with van der Waals surface area (Å²) in [6.07, 6.45) is 3.82. The number of ether oxygens (including phenoxy) is 2. The van der Waals surface area contributed by atoms with Crippen LogP contribution >= 0.6 is 0 Å². The molecule has 2 atom stereocenters. The summed E-state index contributed by atoms with van der Waals surface area (Å²) in [5.74, 6) is 0.999. The van der Waals surface area contributed by atoms with Crippen LogP contribution in [0.3, 0.4) is 0 Å². The molecule has 2 unspecified atom stereocenters. The van der Waals surface area contributed by atoms with Crippen molar-refractivity contribution in [3.05, 3.63) is 35.9 Å². The monoisotopic (exact) mass is 429 g/mol. The van der Waals surface area contributed by atoms with Crippen LogP contribution in [-0.2, 0) is 16.0 Å². The number of rotatable bonds is 7. The van der Waals surface area contributed by atoms with Crippen molar-refractivity contribution in [3.63, 3.8) is 0 Å². The quantitative estimate of drug-likeness (QED) is 0.404. The van der Waals surface area contributed by atoms with Gasteiger partial charge in [0.15, 0.2) is 5.96 Å². The molecule has 0 aromatic heterocycles. The maximum Gasteiger partial charge on any atom is 0.193 e. The lowest BCUT2D eigenvalue weighted by Gasteiger charge is -2.37. The molecule has 3 heterocycles. The number of piperazine rings is 1. The minimum atomic E-state index is 0.169. The number of hydrogen-bond donors (Lipinski definition) is 1. The van der Waals surface area contributed by atoms with Crippen molar-refractivity contribution in [2.45, 2.75) is 38.0 Å². The molecule has 7 heteroatoms. The molecule has 0 amide bonds. The highest BCUT2D eigenvalue weighted by Gasteiger charge is 2.32. The third kappa shape index (κ3) is 6.65. The van der Waals surface area contributed by atoms with Gasteiger partial charge in [-0.1, -0.05) is 30.3 Å². The molecule has 1 N–H and O–H groups in total. The van der Waals surface area contributed by atoms with Crippen molar-refractivity contribution >= 4 is 5.96 Å². The smallest absolute Gasteiger partial charge is 0.193 e. The van der Waals surface area contributed by atoms with Gasteiger partial charge in [-0.15, -0.1) is 0 Å². The van der Waals surface area contributed by atoms with E-state index in [1.54, 1.807) is 0 Å². The first-order chi connectivity index (χ1) is 15.3. The lowest BCUT2D eigenvalue weighted by molar-refractivity contribution is -0.0816. The molecular formula is C24H39N5O2. The van der Waals surface area contributed by atoms with E-state index >= 15 is 0 Å². The van der Waals surface area contributed by atoms with Crippen molar-refractivity contribution in [1.82, 2.24) is 20.0 Å². The first-order valence-electron chi connectivity index (χ1n) is 12.0. The number of morpholine rings is 1. The van der Waals surface area contributed by atoms with Crippen LogP contribution in [-0.4, -0.2) is 105 Å². The molecule has 7 nitrogen and oxygen atoms in total. The molecule has 172 valence electrons. The van der Waals surface area contributed by atoms with E-state index in [-0.39, 0.29) is 12.2 Å². The highest BCUT2D eigenvalue weighted by atomic mass is 16.5. The van der Waals surface area contributed by atoms with Crippen molar-refractivity contribution in [2.24, 2.45) is 4.99 Å². The summed E-state index contributed by atoms with van der Waals surface area (Å²) in [5.41, 5.74) is 1.41. The molecule has 0 spiro atoms. The molecule has 1 aromatic carbocycles. The SMILES string of the molecule is CN=C(NCCCN1CCN(Cc2ccccc2)CC1)N1CCOC(C2CCCO2)C1. The van der Waals surface area contributed by atoms with Crippen molar-refractivity contribution in [3.8, 4) is 0 Å². The second-order valence-electron chi connectivity index (χ2n) is 8.84. The van der Waals surface area contributed by atoms with Crippen LogP contribution in [0.25, 0.3) is 0 Å². The average Bonchev–Trinajstić information content (AvgIpc) is 3.36. The van der Waals surface area contributed by atoms with E-state index in [4.69, 9.17) is 9.47 Å². The van der Waals surface area contributed by atoms with Gasteiger partial charge >= 0.3 is 0 Å². The molecule has 3 saturated heterocycles. The van der Waals surface area contributed by atoms with E-state index in [0.717, 1.165) is 97.3 Å². The molecule has 3 aliphatic rings. The Balaban J connectivity index is 1.12. The van der Waals surface area contributed by atoms with Gasteiger partial charge in [-0.25, -0.2) is 0 Å². The summed E-state index contributed by atoms with van der Waals surface area (Å²) in [5, 5.41) is 3.57. The fourth-order valence-corrected chi connectivity index (χ4v) is 4.84. The number of hydrogen-bond acceptors (Lipinski definition) is 5. The van der Waals surface area contributed by atoms with Gasteiger partial charge in [-0.2, -0.15) is 0 Å². The Morgan fingerprint density at radius 3 is 2.52 bits per heavy atom. The Morgan fingerprint density at radius 1 is 1.00 bits per heavy atom. The predicted molar refractivity (Wildman–Crippen MR) is 124 cm³/mol. The Kier molecular flexibility index (Phi) is 8.58. The molecule has 0 radical (unpaired) electrons. The van der Waals surface area contributed by atoms with Gasteiger partial charge < -0.3 is 24.6 Å². The second-order valence-corrected chi connectivity index (χ2v) is 8.84. The Hall–Kier alpha value is -1.67. The first-order valence-corrected chi connectivity index (χ1v) is 12.0. The highest BCUT2D eigenvalue weighted by molar-refractivity contribution is 5.80. The molecule has 3 fully saturated rings. The molecule has 0 bridgehead atoms. The lowest BCUT2D eigenvalue weighted by atomic mass is 10.1. The molecular weight excluding hydrogens is 390 g/mol. The van der Waals surface area contributed by atoms with Crippen LogP contribution < -0.4 is 5.32 Å². The number of benzene rings is 1. The largest absolute Gasteiger partial charge is 0.375 e. The van der Waals surface area contributed by atoms with E-state index in [1.807, 2.05) is 7.05 Å². The van der Waals surface area contributed by atoms with Crippen LogP contribution in [0.1, 0.15) is 24.8 Å². The van der Waals surface area contributed by atoms with Crippen molar-refractivity contribution in [1.29, 1.82) is 0 Å². The third-order valence-corrected chi connectivity index (χ3v) is 6.63. The maximum atomic E-state index is 5.98. The van der Waals surface area contributed by atoms with E-state index in [9.17, 15) is 0 Å². The van der Waals surface area contributed by atoms with Gasteiger partial charge in [0.1, 0.15) is 6.10 Å². The van der Waals surface area contributed by atoms with Gasteiger partial charge in [0, 0.05) is 66.0 Å². The second kappa shape index (κ2) is 11.8. The summed E-state index contributed by atoms with van der Waals surface area (Å²) in [6, 6.07) is 10.8. The third-order valence-electron chi connectivity index (χ3n) is 6.63. The standard InChI is InChI=1S/C24H39N5O2/c1-25-24(29-16-18-31-23(20-29)22-9-5-17-30-22)26-10-6-11-27-12-14-28(15-13-27)19-21-7-3-2-4-8-21/h2-4,7-8,22-23H,5-6,9-20H2,1H3,(H,25,26). The average molecular weight is 430 g/mol.